The minimum Gasteiger partial charge on any atom is -0.376 e. The number of benzene rings is 2. The smallest absolute Gasteiger partial charge is 0.253 e. The van der Waals surface area contributed by atoms with Gasteiger partial charge in [-0.05, 0) is 48.9 Å². The summed E-state index contributed by atoms with van der Waals surface area (Å²) >= 11 is 12.3. The summed E-state index contributed by atoms with van der Waals surface area (Å²) in [4.78, 5) is 27.3. The Balaban J connectivity index is 1.60. The summed E-state index contributed by atoms with van der Waals surface area (Å²) in [5.41, 5.74) is 2.72. The molecule has 0 radical (unpaired) electrons. The molecule has 0 spiro atoms. The van der Waals surface area contributed by atoms with Crippen LogP contribution in [-0.4, -0.2) is 42.9 Å². The Labute approximate surface area is 179 Å². The molecule has 0 saturated carbocycles. The summed E-state index contributed by atoms with van der Waals surface area (Å²) in [5, 5.41) is 10.6. The first-order valence-electron chi connectivity index (χ1n) is 9.66. The highest BCUT2D eigenvalue weighted by Gasteiger charge is 2.25. The van der Waals surface area contributed by atoms with Crippen LogP contribution in [0.15, 0.2) is 36.4 Å². The SMILES string of the molecule is O=C1CC(c2ccc(Cl)cc2Cl)Nc2ccc(C(=O)N3CCCNCC3)cc2N1. The third-order valence-electron chi connectivity index (χ3n) is 5.23. The number of hydrogen-bond acceptors (Lipinski definition) is 4. The van der Waals surface area contributed by atoms with Crippen molar-refractivity contribution >= 4 is 46.4 Å². The molecule has 1 atom stereocenters. The molecule has 2 heterocycles. The molecule has 4 rings (SSSR count). The summed E-state index contributed by atoms with van der Waals surface area (Å²) in [6.07, 6.45) is 1.15. The standard InChI is InChI=1S/C21H22Cl2N4O2/c22-14-3-4-15(16(23)11-14)18-12-20(28)26-19-10-13(2-5-17(19)25-18)21(29)27-8-1-6-24-7-9-27/h2-5,10-11,18,24-25H,1,6-9,12H2,(H,26,28). The Morgan fingerprint density at radius 2 is 1.90 bits per heavy atom. The molecular weight excluding hydrogens is 411 g/mol. The van der Waals surface area contributed by atoms with Gasteiger partial charge in [0.25, 0.3) is 5.91 Å². The molecule has 2 aromatic carbocycles. The zero-order valence-corrected chi connectivity index (χ0v) is 17.3. The first kappa shape index (κ1) is 20.0. The molecule has 0 aromatic heterocycles. The molecule has 152 valence electrons. The highest BCUT2D eigenvalue weighted by Crippen LogP contribution is 2.36. The van der Waals surface area contributed by atoms with Crippen molar-refractivity contribution in [2.24, 2.45) is 0 Å². The molecule has 1 fully saturated rings. The van der Waals surface area contributed by atoms with Crippen LogP contribution in [0.2, 0.25) is 10.0 Å². The molecule has 2 aromatic rings. The van der Waals surface area contributed by atoms with E-state index in [2.05, 4.69) is 16.0 Å². The van der Waals surface area contributed by atoms with E-state index in [0.717, 1.165) is 37.3 Å². The van der Waals surface area contributed by atoms with Crippen molar-refractivity contribution in [3.8, 4) is 0 Å². The number of carbonyl (C=O) groups excluding carboxylic acids is 2. The van der Waals surface area contributed by atoms with Crippen LogP contribution in [0.3, 0.4) is 0 Å². The predicted octanol–water partition coefficient (Wildman–Crippen LogP) is 3.92. The van der Waals surface area contributed by atoms with Gasteiger partial charge in [0.05, 0.1) is 23.8 Å². The Kier molecular flexibility index (Phi) is 5.94. The average molecular weight is 433 g/mol. The number of rotatable bonds is 2. The zero-order chi connectivity index (χ0) is 20.4. The molecule has 1 unspecified atom stereocenters. The second-order valence-electron chi connectivity index (χ2n) is 7.27. The monoisotopic (exact) mass is 432 g/mol. The van der Waals surface area contributed by atoms with E-state index in [9.17, 15) is 9.59 Å². The molecular formula is C21H22Cl2N4O2. The molecule has 6 nitrogen and oxygen atoms in total. The van der Waals surface area contributed by atoms with E-state index < -0.39 is 0 Å². The van der Waals surface area contributed by atoms with E-state index in [1.807, 2.05) is 17.0 Å². The third kappa shape index (κ3) is 4.50. The normalized spacial score (nSPS) is 19.4. The van der Waals surface area contributed by atoms with Crippen LogP contribution in [0.25, 0.3) is 0 Å². The Morgan fingerprint density at radius 1 is 1.03 bits per heavy atom. The third-order valence-corrected chi connectivity index (χ3v) is 5.79. The highest BCUT2D eigenvalue weighted by atomic mass is 35.5. The van der Waals surface area contributed by atoms with Crippen molar-refractivity contribution in [2.75, 3.05) is 36.8 Å². The van der Waals surface area contributed by atoms with Gasteiger partial charge in [-0.1, -0.05) is 29.3 Å². The maximum absolute atomic E-state index is 12.9. The Bertz CT molecular complexity index is 942. The van der Waals surface area contributed by atoms with Gasteiger partial charge in [0.1, 0.15) is 0 Å². The molecule has 2 amide bonds. The second-order valence-corrected chi connectivity index (χ2v) is 8.11. The van der Waals surface area contributed by atoms with Gasteiger partial charge >= 0.3 is 0 Å². The fraction of sp³-hybridized carbons (Fsp3) is 0.333. The number of nitrogens with one attached hydrogen (secondary N) is 3. The Morgan fingerprint density at radius 3 is 2.72 bits per heavy atom. The summed E-state index contributed by atoms with van der Waals surface area (Å²) < 4.78 is 0. The Hall–Kier alpha value is -2.28. The lowest BCUT2D eigenvalue weighted by Gasteiger charge is -2.21. The maximum Gasteiger partial charge on any atom is 0.253 e. The minimum atomic E-state index is -0.292. The minimum absolute atomic E-state index is 0.0210. The van der Waals surface area contributed by atoms with E-state index in [4.69, 9.17) is 23.2 Å². The van der Waals surface area contributed by atoms with Gasteiger partial charge in [-0.3, -0.25) is 9.59 Å². The van der Waals surface area contributed by atoms with Gasteiger partial charge in [0, 0.05) is 35.2 Å². The van der Waals surface area contributed by atoms with Crippen molar-refractivity contribution in [3.05, 3.63) is 57.6 Å². The van der Waals surface area contributed by atoms with E-state index in [-0.39, 0.29) is 24.3 Å². The highest BCUT2D eigenvalue weighted by molar-refractivity contribution is 6.35. The van der Waals surface area contributed by atoms with Gasteiger partial charge in [-0.2, -0.15) is 0 Å². The number of nitrogens with zero attached hydrogens (tertiary/aromatic N) is 1. The van der Waals surface area contributed by atoms with Crippen LogP contribution in [0.4, 0.5) is 11.4 Å². The van der Waals surface area contributed by atoms with Crippen LogP contribution in [-0.2, 0) is 4.79 Å². The topological polar surface area (TPSA) is 73.5 Å². The maximum atomic E-state index is 12.9. The summed E-state index contributed by atoms with van der Waals surface area (Å²) in [7, 11) is 0. The van der Waals surface area contributed by atoms with Crippen LogP contribution in [0, 0.1) is 0 Å². The van der Waals surface area contributed by atoms with Crippen molar-refractivity contribution in [1.29, 1.82) is 0 Å². The first-order chi connectivity index (χ1) is 14.0. The van der Waals surface area contributed by atoms with Gasteiger partial charge in [-0.15, -0.1) is 0 Å². The van der Waals surface area contributed by atoms with E-state index in [0.29, 0.717) is 27.8 Å². The van der Waals surface area contributed by atoms with Crippen molar-refractivity contribution < 1.29 is 9.59 Å². The lowest BCUT2D eigenvalue weighted by Crippen LogP contribution is -2.34. The molecule has 29 heavy (non-hydrogen) atoms. The summed E-state index contributed by atoms with van der Waals surface area (Å²) in [6.45, 7) is 3.11. The van der Waals surface area contributed by atoms with Crippen molar-refractivity contribution in [1.82, 2.24) is 10.2 Å². The lowest BCUT2D eigenvalue weighted by atomic mass is 10.0. The fourth-order valence-corrected chi connectivity index (χ4v) is 4.28. The van der Waals surface area contributed by atoms with Crippen LogP contribution in [0.5, 0.6) is 0 Å². The zero-order valence-electron chi connectivity index (χ0n) is 15.8. The number of hydrogen-bond donors (Lipinski definition) is 3. The van der Waals surface area contributed by atoms with Gasteiger partial charge in [0.15, 0.2) is 0 Å². The van der Waals surface area contributed by atoms with Crippen molar-refractivity contribution in [3.63, 3.8) is 0 Å². The fourth-order valence-electron chi connectivity index (χ4n) is 3.74. The van der Waals surface area contributed by atoms with Crippen LogP contribution >= 0.6 is 23.2 Å². The average Bonchev–Trinajstić information content (AvgIpc) is 3.05. The largest absolute Gasteiger partial charge is 0.376 e. The number of halogens is 2. The van der Waals surface area contributed by atoms with Gasteiger partial charge < -0.3 is 20.9 Å². The summed E-state index contributed by atoms with van der Waals surface area (Å²) in [5.74, 6) is -0.164. The van der Waals surface area contributed by atoms with Gasteiger partial charge in [0.2, 0.25) is 5.91 Å². The lowest BCUT2D eigenvalue weighted by molar-refractivity contribution is -0.116. The second kappa shape index (κ2) is 8.61. The van der Waals surface area contributed by atoms with Crippen LogP contribution in [0.1, 0.15) is 34.8 Å². The number of fused-ring (bicyclic) bond motifs is 1. The predicted molar refractivity (Wildman–Crippen MR) is 116 cm³/mol. The quantitative estimate of drug-likeness (QED) is 0.671. The van der Waals surface area contributed by atoms with E-state index >= 15 is 0 Å². The summed E-state index contributed by atoms with van der Waals surface area (Å²) in [6, 6.07) is 10.3. The number of amides is 2. The molecule has 1 saturated heterocycles. The van der Waals surface area contributed by atoms with E-state index in [1.54, 1.807) is 24.3 Å². The molecule has 0 bridgehead atoms. The van der Waals surface area contributed by atoms with Crippen molar-refractivity contribution in [2.45, 2.75) is 18.9 Å². The molecule has 8 heteroatoms. The molecule has 2 aliphatic heterocycles. The van der Waals surface area contributed by atoms with E-state index in [1.165, 1.54) is 0 Å². The molecule has 3 N–H and O–H groups in total. The van der Waals surface area contributed by atoms with Gasteiger partial charge in [-0.25, -0.2) is 0 Å². The molecule has 2 aliphatic rings. The van der Waals surface area contributed by atoms with Crippen LogP contribution < -0.4 is 16.0 Å². The first-order valence-corrected chi connectivity index (χ1v) is 10.4. The number of carbonyl (C=O) groups is 2. The molecule has 0 aliphatic carbocycles. The number of anilines is 2.